The molecule has 1 aliphatic rings. The molecule has 3 rings (SSSR count). The molecule has 5 nitrogen and oxygen atoms in total. The fourth-order valence-electron chi connectivity index (χ4n) is 2.62. The van der Waals surface area contributed by atoms with Crippen molar-refractivity contribution in [2.75, 3.05) is 18.0 Å². The number of furan rings is 1. The summed E-state index contributed by atoms with van der Waals surface area (Å²) in [7, 11) is 0. The highest BCUT2D eigenvalue weighted by Crippen LogP contribution is 2.22. The van der Waals surface area contributed by atoms with Crippen LogP contribution in [-0.4, -0.2) is 27.9 Å². The van der Waals surface area contributed by atoms with Crippen molar-refractivity contribution in [1.82, 2.24) is 14.8 Å². The van der Waals surface area contributed by atoms with E-state index in [1.807, 2.05) is 16.7 Å². The molecule has 19 heavy (non-hydrogen) atoms. The minimum atomic E-state index is 0.628. The number of piperidine rings is 1. The molecule has 1 saturated heterocycles. The zero-order valence-corrected chi connectivity index (χ0v) is 11.8. The Kier molecular flexibility index (Phi) is 3.42. The number of aromatic amines is 1. The molecule has 1 atom stereocenters. The molecule has 1 fully saturated rings. The molecule has 102 valence electrons. The Labute approximate surface area is 117 Å². The van der Waals surface area contributed by atoms with Crippen LogP contribution >= 0.6 is 12.2 Å². The van der Waals surface area contributed by atoms with Gasteiger partial charge in [0.1, 0.15) is 5.76 Å². The Morgan fingerprint density at radius 3 is 3.21 bits per heavy atom. The molecule has 2 aromatic heterocycles. The third-order valence-electron chi connectivity index (χ3n) is 3.57. The van der Waals surface area contributed by atoms with Crippen molar-refractivity contribution >= 4 is 18.2 Å². The lowest BCUT2D eigenvalue weighted by Gasteiger charge is -2.31. The topological polar surface area (TPSA) is 50.0 Å². The number of anilines is 1. The third kappa shape index (κ3) is 2.58. The van der Waals surface area contributed by atoms with Crippen LogP contribution in [0.5, 0.6) is 0 Å². The summed E-state index contributed by atoms with van der Waals surface area (Å²) in [6.45, 7) is 4.99. The second kappa shape index (κ2) is 5.21. The lowest BCUT2D eigenvalue weighted by atomic mass is 10.0. The Balaban J connectivity index is 1.87. The van der Waals surface area contributed by atoms with Gasteiger partial charge in [-0.05, 0) is 43.1 Å². The fourth-order valence-corrected chi connectivity index (χ4v) is 2.81. The summed E-state index contributed by atoms with van der Waals surface area (Å²) in [4.78, 5) is 2.31. The molecular formula is C13H18N4OS. The van der Waals surface area contributed by atoms with Crippen LogP contribution in [0.1, 0.15) is 25.5 Å². The van der Waals surface area contributed by atoms with E-state index in [2.05, 4.69) is 22.0 Å². The lowest BCUT2D eigenvalue weighted by Crippen LogP contribution is -2.36. The smallest absolute Gasteiger partial charge is 0.226 e. The second-order valence-corrected chi connectivity index (χ2v) is 5.57. The highest BCUT2D eigenvalue weighted by molar-refractivity contribution is 7.71. The molecule has 3 heterocycles. The summed E-state index contributed by atoms with van der Waals surface area (Å²) < 4.78 is 8.05. The van der Waals surface area contributed by atoms with Gasteiger partial charge in [0.05, 0.1) is 12.8 Å². The standard InChI is InChI=1S/C13H18N4OS/c1-10-4-2-6-16(8-10)12-14-15-13(19)17(12)9-11-5-3-7-18-11/h3,5,7,10H,2,4,6,8-9H2,1H3,(H,15,19). The summed E-state index contributed by atoms with van der Waals surface area (Å²) in [5, 5.41) is 7.28. The highest BCUT2D eigenvalue weighted by Gasteiger charge is 2.21. The van der Waals surface area contributed by atoms with Crippen molar-refractivity contribution in [1.29, 1.82) is 0 Å². The van der Waals surface area contributed by atoms with Crippen molar-refractivity contribution in [3.05, 3.63) is 28.9 Å². The van der Waals surface area contributed by atoms with E-state index in [9.17, 15) is 0 Å². The van der Waals surface area contributed by atoms with Crippen LogP contribution in [0.25, 0.3) is 0 Å². The maximum absolute atomic E-state index is 5.40. The van der Waals surface area contributed by atoms with E-state index >= 15 is 0 Å². The quantitative estimate of drug-likeness (QED) is 0.877. The van der Waals surface area contributed by atoms with Gasteiger partial charge in [0.15, 0.2) is 4.77 Å². The van der Waals surface area contributed by atoms with Gasteiger partial charge in [0, 0.05) is 13.1 Å². The fraction of sp³-hybridized carbons (Fsp3) is 0.538. The monoisotopic (exact) mass is 278 g/mol. The van der Waals surface area contributed by atoms with Crippen molar-refractivity contribution < 1.29 is 4.42 Å². The van der Waals surface area contributed by atoms with Crippen molar-refractivity contribution in [2.24, 2.45) is 5.92 Å². The molecular weight excluding hydrogens is 260 g/mol. The largest absolute Gasteiger partial charge is 0.467 e. The van der Waals surface area contributed by atoms with E-state index in [0.717, 1.165) is 24.8 Å². The maximum atomic E-state index is 5.40. The van der Waals surface area contributed by atoms with Gasteiger partial charge in [0.25, 0.3) is 0 Å². The number of nitrogens with zero attached hydrogens (tertiary/aromatic N) is 3. The van der Waals surface area contributed by atoms with E-state index in [-0.39, 0.29) is 0 Å². The molecule has 1 unspecified atom stereocenters. The van der Waals surface area contributed by atoms with Gasteiger partial charge in [-0.3, -0.25) is 4.57 Å². The Bertz CT molecular complexity index is 586. The predicted octanol–water partition coefficient (Wildman–Crippen LogP) is 2.82. The van der Waals surface area contributed by atoms with E-state index in [1.54, 1.807) is 6.26 Å². The summed E-state index contributed by atoms with van der Waals surface area (Å²) >= 11 is 5.32. The Morgan fingerprint density at radius 2 is 2.47 bits per heavy atom. The second-order valence-electron chi connectivity index (χ2n) is 5.19. The zero-order chi connectivity index (χ0) is 13.2. The molecule has 0 radical (unpaired) electrons. The average Bonchev–Trinajstić information content (AvgIpc) is 3.01. The van der Waals surface area contributed by atoms with Crippen LogP contribution in [0.15, 0.2) is 22.8 Å². The first-order valence-electron chi connectivity index (χ1n) is 6.66. The molecule has 6 heteroatoms. The highest BCUT2D eigenvalue weighted by atomic mass is 32.1. The average molecular weight is 278 g/mol. The third-order valence-corrected chi connectivity index (χ3v) is 3.88. The van der Waals surface area contributed by atoms with Gasteiger partial charge in [-0.15, -0.1) is 5.10 Å². The lowest BCUT2D eigenvalue weighted by molar-refractivity contribution is 0.434. The van der Waals surface area contributed by atoms with Crippen LogP contribution in [0.4, 0.5) is 5.95 Å². The number of aromatic nitrogens is 3. The predicted molar refractivity (Wildman–Crippen MR) is 75.8 cm³/mol. The Hall–Kier alpha value is -1.56. The molecule has 0 aromatic carbocycles. The van der Waals surface area contributed by atoms with Crippen LogP contribution in [0.3, 0.4) is 0 Å². The first-order chi connectivity index (χ1) is 9.24. The summed E-state index contributed by atoms with van der Waals surface area (Å²) in [5.74, 6) is 2.52. The Morgan fingerprint density at radius 1 is 1.58 bits per heavy atom. The zero-order valence-electron chi connectivity index (χ0n) is 11.0. The summed E-state index contributed by atoms with van der Waals surface area (Å²) in [6, 6.07) is 3.85. The molecule has 0 saturated carbocycles. The molecule has 1 N–H and O–H groups in total. The SMILES string of the molecule is CC1CCCN(c2n[nH]c(=S)n2Cc2ccco2)C1. The van der Waals surface area contributed by atoms with Gasteiger partial charge in [0.2, 0.25) is 5.95 Å². The van der Waals surface area contributed by atoms with Gasteiger partial charge >= 0.3 is 0 Å². The maximum Gasteiger partial charge on any atom is 0.226 e. The van der Waals surface area contributed by atoms with Crippen molar-refractivity contribution in [3.63, 3.8) is 0 Å². The summed E-state index contributed by atoms with van der Waals surface area (Å²) in [5.41, 5.74) is 0. The van der Waals surface area contributed by atoms with E-state index in [0.29, 0.717) is 17.2 Å². The number of H-pyrrole nitrogens is 1. The van der Waals surface area contributed by atoms with Gasteiger partial charge in [-0.25, -0.2) is 5.10 Å². The first kappa shape index (κ1) is 12.5. The minimum absolute atomic E-state index is 0.628. The molecule has 2 aromatic rings. The van der Waals surface area contributed by atoms with Crippen LogP contribution in [0.2, 0.25) is 0 Å². The minimum Gasteiger partial charge on any atom is -0.467 e. The molecule has 0 spiro atoms. The van der Waals surface area contributed by atoms with E-state index in [4.69, 9.17) is 16.6 Å². The normalized spacial score (nSPS) is 19.8. The van der Waals surface area contributed by atoms with Crippen LogP contribution < -0.4 is 4.90 Å². The van der Waals surface area contributed by atoms with Crippen molar-refractivity contribution in [3.8, 4) is 0 Å². The first-order valence-corrected chi connectivity index (χ1v) is 7.07. The molecule has 0 bridgehead atoms. The molecule has 0 aliphatic carbocycles. The van der Waals surface area contributed by atoms with Gasteiger partial charge in [-0.1, -0.05) is 6.92 Å². The van der Waals surface area contributed by atoms with Gasteiger partial charge < -0.3 is 9.32 Å². The van der Waals surface area contributed by atoms with Gasteiger partial charge in [-0.2, -0.15) is 0 Å². The number of rotatable bonds is 3. The summed E-state index contributed by atoms with van der Waals surface area (Å²) in [6.07, 6.45) is 4.18. The van der Waals surface area contributed by atoms with Crippen molar-refractivity contribution in [2.45, 2.75) is 26.3 Å². The molecule has 0 amide bonds. The van der Waals surface area contributed by atoms with E-state index in [1.165, 1.54) is 12.8 Å². The number of nitrogens with one attached hydrogen (secondary N) is 1. The van der Waals surface area contributed by atoms with Crippen LogP contribution in [0, 0.1) is 10.7 Å². The van der Waals surface area contributed by atoms with E-state index < -0.39 is 0 Å². The van der Waals surface area contributed by atoms with Crippen LogP contribution in [-0.2, 0) is 6.54 Å². The number of hydrogen-bond acceptors (Lipinski definition) is 4. The number of hydrogen-bond donors (Lipinski definition) is 1. The molecule has 1 aliphatic heterocycles.